The van der Waals surface area contributed by atoms with Crippen molar-refractivity contribution in [2.24, 2.45) is 0 Å². The average Bonchev–Trinajstić information content (AvgIpc) is 2.26. The van der Waals surface area contributed by atoms with Gasteiger partial charge in [-0.15, -0.1) is 0 Å². The minimum absolute atomic E-state index is 1.01. The van der Waals surface area contributed by atoms with Crippen molar-refractivity contribution in [2.45, 2.75) is 0 Å². The first-order valence-electron chi connectivity index (χ1n) is 4.59. The smallest absolute Gasteiger partial charge is 0.0715 e. The summed E-state index contributed by atoms with van der Waals surface area (Å²) in [6, 6.07) is 19.2. The molecule has 0 saturated heterocycles. The summed E-state index contributed by atoms with van der Waals surface area (Å²) in [7, 11) is 0. The number of benzene rings is 2. The molecule has 3 aromatic rings. The van der Waals surface area contributed by atoms with E-state index in [1.54, 1.807) is 0 Å². The molecule has 0 N–H and O–H groups in total. The van der Waals surface area contributed by atoms with Crippen molar-refractivity contribution >= 4 is 21.8 Å². The topological polar surface area (TPSA) is 12.9 Å². The van der Waals surface area contributed by atoms with Crippen LogP contribution in [0.3, 0.4) is 0 Å². The first-order valence-corrected chi connectivity index (χ1v) is 4.59. The van der Waals surface area contributed by atoms with Crippen molar-refractivity contribution in [1.82, 2.24) is 4.98 Å². The van der Waals surface area contributed by atoms with Crippen LogP contribution in [0.25, 0.3) is 21.8 Å². The predicted molar refractivity (Wildman–Crippen MR) is 58.1 cm³/mol. The highest BCUT2D eigenvalue weighted by atomic mass is 14.7. The van der Waals surface area contributed by atoms with E-state index in [0.717, 1.165) is 11.0 Å². The van der Waals surface area contributed by atoms with Gasteiger partial charge in [-0.1, -0.05) is 30.3 Å². The zero-order chi connectivity index (χ0) is 9.38. The Morgan fingerprint density at radius 1 is 0.929 bits per heavy atom. The Bertz CT molecular complexity index is 494. The molecule has 3 rings (SSSR count). The van der Waals surface area contributed by atoms with Gasteiger partial charge in [0.2, 0.25) is 0 Å². The number of nitrogens with zero attached hydrogens (tertiary/aromatic N) is 1. The van der Waals surface area contributed by atoms with Gasteiger partial charge in [-0.2, -0.15) is 0 Å². The minimum atomic E-state index is 1.01. The summed E-state index contributed by atoms with van der Waals surface area (Å²) < 4.78 is 0. The van der Waals surface area contributed by atoms with Crippen molar-refractivity contribution in [1.29, 1.82) is 0 Å². The van der Waals surface area contributed by atoms with Gasteiger partial charge in [0.25, 0.3) is 0 Å². The minimum Gasteiger partial charge on any atom is -0.248 e. The molecule has 2 aromatic carbocycles. The van der Waals surface area contributed by atoms with E-state index in [0.29, 0.717) is 0 Å². The molecule has 0 spiro atoms. The maximum absolute atomic E-state index is 4.55. The van der Waals surface area contributed by atoms with E-state index in [2.05, 4.69) is 23.2 Å². The van der Waals surface area contributed by atoms with E-state index in [4.69, 9.17) is 0 Å². The standard InChI is InChI=1S/C13H8N/c1-3-7-12-10(5-1)9-11-6-2-4-8-13(11)14-12/h1-3,5-9H. The van der Waals surface area contributed by atoms with Gasteiger partial charge in [-0.3, -0.25) is 0 Å². The third-order valence-electron chi connectivity index (χ3n) is 2.36. The maximum atomic E-state index is 4.55. The zero-order valence-corrected chi connectivity index (χ0v) is 7.57. The SMILES string of the molecule is [c]1ccc2cc3ccccc3nc2c1. The molecule has 1 heterocycles. The molecule has 1 aromatic heterocycles. The molecule has 1 heteroatoms. The molecule has 0 fully saturated rings. The van der Waals surface area contributed by atoms with Gasteiger partial charge in [-0.25, -0.2) is 4.98 Å². The van der Waals surface area contributed by atoms with Crippen LogP contribution >= 0.6 is 0 Å². The number of rotatable bonds is 0. The Morgan fingerprint density at radius 2 is 1.79 bits per heavy atom. The van der Waals surface area contributed by atoms with Gasteiger partial charge in [0.1, 0.15) is 0 Å². The number of hydrogen-bond acceptors (Lipinski definition) is 1. The molecular weight excluding hydrogens is 170 g/mol. The Balaban J connectivity index is 2.52. The Morgan fingerprint density at radius 3 is 2.79 bits per heavy atom. The molecule has 1 nitrogen and oxygen atoms in total. The Labute approximate surface area is 82.0 Å². The highest BCUT2D eigenvalue weighted by Gasteiger charge is 1.96. The lowest BCUT2D eigenvalue weighted by atomic mass is 10.1. The fourth-order valence-corrected chi connectivity index (χ4v) is 1.66. The monoisotopic (exact) mass is 178 g/mol. The zero-order valence-electron chi connectivity index (χ0n) is 7.57. The van der Waals surface area contributed by atoms with Gasteiger partial charge < -0.3 is 0 Å². The lowest BCUT2D eigenvalue weighted by molar-refractivity contribution is 1.50. The molecule has 14 heavy (non-hydrogen) atoms. The van der Waals surface area contributed by atoms with Crippen LogP contribution in [0, 0.1) is 6.07 Å². The summed E-state index contributed by atoms with van der Waals surface area (Å²) in [6.45, 7) is 0. The van der Waals surface area contributed by atoms with Gasteiger partial charge in [0, 0.05) is 10.8 Å². The predicted octanol–water partition coefficient (Wildman–Crippen LogP) is 3.19. The molecule has 65 valence electrons. The van der Waals surface area contributed by atoms with E-state index in [1.807, 2.05) is 36.4 Å². The molecule has 1 radical (unpaired) electrons. The van der Waals surface area contributed by atoms with Crippen molar-refractivity contribution < 1.29 is 0 Å². The van der Waals surface area contributed by atoms with Crippen LogP contribution in [0.5, 0.6) is 0 Å². The summed E-state index contributed by atoms with van der Waals surface area (Å²) in [5.74, 6) is 0. The molecular formula is C13H8N. The summed E-state index contributed by atoms with van der Waals surface area (Å²) >= 11 is 0. The first-order chi connectivity index (χ1) is 6.93. The molecule has 0 bridgehead atoms. The van der Waals surface area contributed by atoms with Gasteiger partial charge in [0.05, 0.1) is 11.0 Å². The summed E-state index contributed by atoms with van der Waals surface area (Å²) in [6.07, 6.45) is 0. The number of pyridine rings is 1. The van der Waals surface area contributed by atoms with Crippen LogP contribution in [0.4, 0.5) is 0 Å². The molecule has 0 aliphatic heterocycles. The van der Waals surface area contributed by atoms with E-state index < -0.39 is 0 Å². The number of fused-ring (bicyclic) bond motifs is 2. The largest absolute Gasteiger partial charge is 0.248 e. The normalized spacial score (nSPS) is 10.9. The maximum Gasteiger partial charge on any atom is 0.0715 e. The van der Waals surface area contributed by atoms with Crippen molar-refractivity contribution in [3.05, 3.63) is 54.6 Å². The second kappa shape index (κ2) is 2.81. The summed E-state index contributed by atoms with van der Waals surface area (Å²) in [5.41, 5.74) is 2.05. The highest BCUT2D eigenvalue weighted by molar-refractivity contribution is 5.92. The second-order valence-electron chi connectivity index (χ2n) is 3.30. The van der Waals surface area contributed by atoms with Crippen molar-refractivity contribution in [2.75, 3.05) is 0 Å². The van der Waals surface area contributed by atoms with Crippen LogP contribution < -0.4 is 0 Å². The molecule has 0 saturated carbocycles. The lowest BCUT2D eigenvalue weighted by Gasteiger charge is -1.99. The molecule has 0 aliphatic carbocycles. The molecule has 0 atom stereocenters. The number of aromatic nitrogens is 1. The summed E-state index contributed by atoms with van der Waals surface area (Å²) in [5, 5.41) is 2.36. The second-order valence-corrected chi connectivity index (χ2v) is 3.30. The Kier molecular flexibility index (Phi) is 1.51. The van der Waals surface area contributed by atoms with E-state index >= 15 is 0 Å². The fraction of sp³-hybridized carbons (Fsp3) is 0. The van der Waals surface area contributed by atoms with E-state index in [-0.39, 0.29) is 0 Å². The highest BCUT2D eigenvalue weighted by Crippen LogP contribution is 2.18. The molecule has 0 amide bonds. The average molecular weight is 178 g/mol. The molecule has 0 unspecified atom stereocenters. The van der Waals surface area contributed by atoms with Crippen molar-refractivity contribution in [3.8, 4) is 0 Å². The first kappa shape index (κ1) is 7.51. The van der Waals surface area contributed by atoms with E-state index in [9.17, 15) is 0 Å². The molecule has 0 aliphatic rings. The number of para-hydroxylation sites is 1. The summed E-state index contributed by atoms with van der Waals surface area (Å²) in [4.78, 5) is 4.55. The quantitative estimate of drug-likeness (QED) is 0.482. The number of hydrogen-bond donors (Lipinski definition) is 0. The van der Waals surface area contributed by atoms with Crippen LogP contribution in [0.15, 0.2) is 48.5 Å². The lowest BCUT2D eigenvalue weighted by Crippen LogP contribution is -1.80. The van der Waals surface area contributed by atoms with Gasteiger partial charge >= 0.3 is 0 Å². The van der Waals surface area contributed by atoms with E-state index in [1.165, 1.54) is 10.8 Å². The Hall–Kier alpha value is -1.89. The van der Waals surface area contributed by atoms with Crippen LogP contribution in [-0.2, 0) is 0 Å². The van der Waals surface area contributed by atoms with Gasteiger partial charge in [-0.05, 0) is 24.3 Å². The third kappa shape index (κ3) is 1.06. The third-order valence-corrected chi connectivity index (χ3v) is 2.36. The van der Waals surface area contributed by atoms with Crippen molar-refractivity contribution in [3.63, 3.8) is 0 Å². The van der Waals surface area contributed by atoms with Gasteiger partial charge in [0.15, 0.2) is 0 Å². The van der Waals surface area contributed by atoms with Crippen LogP contribution in [-0.4, -0.2) is 4.98 Å². The fourth-order valence-electron chi connectivity index (χ4n) is 1.66. The van der Waals surface area contributed by atoms with Crippen LogP contribution in [0.1, 0.15) is 0 Å². The van der Waals surface area contributed by atoms with Crippen LogP contribution in [0.2, 0.25) is 0 Å².